The minimum absolute atomic E-state index is 0.0915. The van der Waals surface area contributed by atoms with Gasteiger partial charge < -0.3 is 4.90 Å². The molecule has 0 atom stereocenters. The van der Waals surface area contributed by atoms with Gasteiger partial charge in [0.05, 0.1) is 11.9 Å². The average molecular weight is 326 g/mol. The Balaban J connectivity index is 1.89. The molecule has 0 radical (unpaired) electrons. The molecule has 24 heavy (non-hydrogen) atoms. The molecule has 0 saturated carbocycles. The number of aromatic nitrogens is 5. The molecule has 3 aromatic heterocycles. The number of aryl methyl sites for hydroxylation is 4. The summed E-state index contributed by atoms with van der Waals surface area (Å²) in [6, 6.07) is 1.94. The monoisotopic (exact) mass is 326 g/mol. The zero-order valence-electron chi connectivity index (χ0n) is 14.7. The molecule has 0 unspecified atom stereocenters. The molecule has 3 aromatic rings. The lowest BCUT2D eigenvalue weighted by atomic mass is 10.2. The quantitative estimate of drug-likeness (QED) is 0.736. The minimum Gasteiger partial charge on any atom is -0.337 e. The van der Waals surface area contributed by atoms with Crippen LogP contribution in [0.15, 0.2) is 18.5 Å². The number of carbonyl (C=O) groups excluding carboxylic acids is 1. The van der Waals surface area contributed by atoms with E-state index in [9.17, 15) is 4.79 Å². The lowest BCUT2D eigenvalue weighted by Crippen LogP contribution is -2.26. The van der Waals surface area contributed by atoms with Crippen LogP contribution in [-0.2, 0) is 13.1 Å². The van der Waals surface area contributed by atoms with E-state index in [2.05, 4.69) is 15.2 Å². The van der Waals surface area contributed by atoms with Crippen LogP contribution in [0.4, 0.5) is 0 Å². The van der Waals surface area contributed by atoms with Crippen molar-refractivity contribution in [1.82, 2.24) is 29.3 Å². The van der Waals surface area contributed by atoms with Gasteiger partial charge in [0.25, 0.3) is 5.91 Å². The number of nitrogens with zero attached hydrogens (tertiary/aromatic N) is 6. The van der Waals surface area contributed by atoms with E-state index in [4.69, 9.17) is 0 Å². The molecule has 0 aromatic carbocycles. The van der Waals surface area contributed by atoms with E-state index < -0.39 is 0 Å². The molecule has 3 heterocycles. The highest BCUT2D eigenvalue weighted by Crippen LogP contribution is 2.16. The van der Waals surface area contributed by atoms with Gasteiger partial charge in [-0.1, -0.05) is 0 Å². The first-order valence-corrected chi connectivity index (χ1v) is 8.01. The third-order valence-electron chi connectivity index (χ3n) is 4.13. The fraction of sp³-hybridized carbons (Fsp3) is 0.412. The molecule has 7 nitrogen and oxygen atoms in total. The highest BCUT2D eigenvalue weighted by Gasteiger charge is 2.20. The van der Waals surface area contributed by atoms with Gasteiger partial charge in [0, 0.05) is 43.3 Å². The van der Waals surface area contributed by atoms with Crippen molar-refractivity contribution in [2.45, 2.75) is 40.8 Å². The Morgan fingerprint density at radius 3 is 2.71 bits per heavy atom. The van der Waals surface area contributed by atoms with E-state index in [0.29, 0.717) is 17.8 Å². The molecule has 0 fully saturated rings. The Hall–Kier alpha value is -2.70. The predicted molar refractivity (Wildman–Crippen MR) is 90.9 cm³/mol. The highest BCUT2D eigenvalue weighted by molar-refractivity contribution is 5.99. The lowest BCUT2D eigenvalue weighted by molar-refractivity contribution is 0.0786. The fourth-order valence-corrected chi connectivity index (χ4v) is 2.83. The minimum atomic E-state index is -0.0915. The first-order valence-electron chi connectivity index (χ1n) is 8.01. The summed E-state index contributed by atoms with van der Waals surface area (Å²) in [6.07, 6.45) is 3.58. The van der Waals surface area contributed by atoms with Crippen LogP contribution in [-0.4, -0.2) is 42.2 Å². The summed E-state index contributed by atoms with van der Waals surface area (Å²) < 4.78 is 3.58. The molecule has 0 N–H and O–H groups in total. The van der Waals surface area contributed by atoms with Crippen molar-refractivity contribution in [2.75, 3.05) is 7.05 Å². The maximum atomic E-state index is 12.8. The zero-order valence-corrected chi connectivity index (χ0v) is 14.7. The molecule has 0 aliphatic heterocycles. The second kappa shape index (κ2) is 6.07. The van der Waals surface area contributed by atoms with Crippen LogP contribution >= 0.6 is 0 Å². The van der Waals surface area contributed by atoms with Gasteiger partial charge in [-0.3, -0.25) is 9.48 Å². The summed E-state index contributed by atoms with van der Waals surface area (Å²) in [6.45, 7) is 9.20. The molecule has 3 rings (SSSR count). The normalized spacial score (nSPS) is 11.2. The summed E-state index contributed by atoms with van der Waals surface area (Å²) in [5, 5.41) is 8.72. The van der Waals surface area contributed by atoms with Gasteiger partial charge in [0.15, 0.2) is 5.65 Å². The summed E-state index contributed by atoms with van der Waals surface area (Å²) in [4.78, 5) is 19.0. The van der Waals surface area contributed by atoms with Gasteiger partial charge in [-0.2, -0.15) is 10.2 Å². The van der Waals surface area contributed by atoms with E-state index in [1.54, 1.807) is 22.7 Å². The Labute approximate surface area is 140 Å². The molecule has 0 aliphatic carbocycles. The summed E-state index contributed by atoms with van der Waals surface area (Å²) in [5.74, 6) is -0.0915. The van der Waals surface area contributed by atoms with E-state index in [-0.39, 0.29) is 5.91 Å². The molecule has 7 heteroatoms. The summed E-state index contributed by atoms with van der Waals surface area (Å²) in [7, 11) is 1.79. The number of amides is 1. The number of hydrogen-bond acceptors (Lipinski definition) is 4. The van der Waals surface area contributed by atoms with Crippen LogP contribution in [0.1, 0.15) is 39.9 Å². The van der Waals surface area contributed by atoms with Crippen molar-refractivity contribution in [1.29, 1.82) is 0 Å². The Morgan fingerprint density at radius 2 is 2.04 bits per heavy atom. The molecular formula is C17H22N6O. The van der Waals surface area contributed by atoms with Crippen LogP contribution < -0.4 is 0 Å². The molecule has 1 amide bonds. The first kappa shape index (κ1) is 16.2. The lowest BCUT2D eigenvalue weighted by Gasteiger charge is -2.16. The summed E-state index contributed by atoms with van der Waals surface area (Å²) >= 11 is 0. The van der Waals surface area contributed by atoms with E-state index in [1.807, 2.05) is 44.6 Å². The average Bonchev–Trinajstić information content (AvgIpc) is 3.10. The van der Waals surface area contributed by atoms with Crippen LogP contribution in [0.2, 0.25) is 0 Å². The fourth-order valence-electron chi connectivity index (χ4n) is 2.83. The van der Waals surface area contributed by atoms with Gasteiger partial charge >= 0.3 is 0 Å². The predicted octanol–water partition coefficient (Wildman–Crippen LogP) is 2.14. The van der Waals surface area contributed by atoms with E-state index >= 15 is 0 Å². The largest absolute Gasteiger partial charge is 0.337 e. The standard InChI is InChI=1S/C17H22N6O/c1-6-22-10-14(13(4)20-22)9-21(5)17(24)15-8-18-23-12(3)7-11(2)19-16(15)23/h7-8,10H,6,9H2,1-5H3. The maximum Gasteiger partial charge on any atom is 0.259 e. The van der Waals surface area contributed by atoms with Gasteiger partial charge in [0.1, 0.15) is 5.56 Å². The van der Waals surface area contributed by atoms with Gasteiger partial charge in [-0.05, 0) is 33.8 Å². The van der Waals surface area contributed by atoms with Crippen molar-refractivity contribution in [2.24, 2.45) is 0 Å². The van der Waals surface area contributed by atoms with Crippen molar-refractivity contribution >= 4 is 11.6 Å². The van der Waals surface area contributed by atoms with Gasteiger partial charge in [-0.15, -0.1) is 0 Å². The third kappa shape index (κ3) is 2.77. The van der Waals surface area contributed by atoms with Crippen LogP contribution in [0.5, 0.6) is 0 Å². The summed E-state index contributed by atoms with van der Waals surface area (Å²) in [5.41, 5.74) is 4.94. The SMILES string of the molecule is CCn1cc(CN(C)C(=O)c2cnn3c(C)cc(C)nc23)c(C)n1. The van der Waals surface area contributed by atoms with E-state index in [1.165, 1.54) is 0 Å². The highest BCUT2D eigenvalue weighted by atomic mass is 16.2. The topological polar surface area (TPSA) is 68.3 Å². The van der Waals surface area contributed by atoms with Crippen LogP contribution in [0, 0.1) is 20.8 Å². The zero-order chi connectivity index (χ0) is 17.4. The van der Waals surface area contributed by atoms with Crippen molar-refractivity contribution < 1.29 is 4.79 Å². The molecule has 0 aliphatic rings. The third-order valence-corrected chi connectivity index (χ3v) is 4.13. The van der Waals surface area contributed by atoms with Crippen molar-refractivity contribution in [3.8, 4) is 0 Å². The van der Waals surface area contributed by atoms with Crippen LogP contribution in [0.3, 0.4) is 0 Å². The van der Waals surface area contributed by atoms with Crippen molar-refractivity contribution in [3.05, 3.63) is 46.7 Å². The molecule has 0 saturated heterocycles. The second-order valence-electron chi connectivity index (χ2n) is 6.09. The first-order chi connectivity index (χ1) is 11.4. The van der Waals surface area contributed by atoms with Gasteiger partial charge in [-0.25, -0.2) is 9.50 Å². The molecular weight excluding hydrogens is 304 g/mol. The number of fused-ring (bicyclic) bond motifs is 1. The second-order valence-corrected chi connectivity index (χ2v) is 6.09. The van der Waals surface area contributed by atoms with E-state index in [0.717, 1.165) is 29.2 Å². The number of carbonyl (C=O) groups is 1. The molecule has 126 valence electrons. The van der Waals surface area contributed by atoms with Crippen molar-refractivity contribution in [3.63, 3.8) is 0 Å². The maximum absolute atomic E-state index is 12.8. The Morgan fingerprint density at radius 1 is 1.29 bits per heavy atom. The number of hydrogen-bond donors (Lipinski definition) is 0. The molecule has 0 spiro atoms. The number of rotatable bonds is 4. The molecule has 0 bridgehead atoms. The Kier molecular flexibility index (Phi) is 4.09. The smallest absolute Gasteiger partial charge is 0.259 e. The van der Waals surface area contributed by atoms with Crippen LogP contribution in [0.25, 0.3) is 5.65 Å². The Bertz CT molecular complexity index is 907. The van der Waals surface area contributed by atoms with Gasteiger partial charge in [0.2, 0.25) is 0 Å².